The number of carboxylic acid groups (broad SMARTS) is 1. The Morgan fingerprint density at radius 2 is 1.69 bits per heavy atom. The van der Waals surface area contributed by atoms with E-state index >= 15 is 0 Å². The molecule has 0 unspecified atom stereocenters. The number of rotatable bonds is 3. The second kappa shape index (κ2) is 6.81. The molecule has 0 saturated heterocycles. The highest BCUT2D eigenvalue weighted by atomic mass is 35.5. The predicted octanol–water partition coefficient (Wildman–Crippen LogP) is -0.227. The minimum atomic E-state index is -3.67. The van der Waals surface area contributed by atoms with Crippen molar-refractivity contribution < 1.29 is 27.7 Å². The highest BCUT2D eigenvalue weighted by Gasteiger charge is 2.03. The van der Waals surface area contributed by atoms with Crippen LogP contribution in [0.2, 0.25) is 0 Å². The minimum absolute atomic E-state index is 0.216. The average molecular weight is 233 g/mol. The second-order valence-corrected chi connectivity index (χ2v) is 3.71. The number of hydrogen-bond donors (Lipinski definition) is 2. The normalized spacial score (nSPS) is 9.77. The SMILES string of the molecule is CS(=O)(=O)O.O=C(O)CC(=O)CCl. The van der Waals surface area contributed by atoms with Crippen molar-refractivity contribution in [2.24, 2.45) is 0 Å². The van der Waals surface area contributed by atoms with Crippen LogP contribution in [0.5, 0.6) is 0 Å². The van der Waals surface area contributed by atoms with Crippen LogP contribution < -0.4 is 0 Å². The molecule has 0 saturated carbocycles. The third-order valence-electron chi connectivity index (χ3n) is 0.497. The van der Waals surface area contributed by atoms with Crippen molar-refractivity contribution >= 4 is 33.5 Å². The summed E-state index contributed by atoms with van der Waals surface area (Å²) in [5, 5.41) is 7.94. The Morgan fingerprint density at radius 1 is 1.38 bits per heavy atom. The molecule has 0 aliphatic rings. The number of alkyl halides is 1. The van der Waals surface area contributed by atoms with E-state index in [1.807, 2.05) is 0 Å². The van der Waals surface area contributed by atoms with Crippen molar-refractivity contribution in [3.05, 3.63) is 0 Å². The summed E-state index contributed by atoms with van der Waals surface area (Å²) >= 11 is 4.98. The van der Waals surface area contributed by atoms with Gasteiger partial charge in [-0.25, -0.2) is 0 Å². The van der Waals surface area contributed by atoms with Crippen LogP contribution in [0.1, 0.15) is 6.42 Å². The smallest absolute Gasteiger partial charge is 0.310 e. The molecule has 13 heavy (non-hydrogen) atoms. The maximum atomic E-state index is 10.1. The molecule has 0 aromatic heterocycles. The van der Waals surface area contributed by atoms with Gasteiger partial charge < -0.3 is 5.11 Å². The van der Waals surface area contributed by atoms with E-state index in [9.17, 15) is 18.0 Å². The van der Waals surface area contributed by atoms with Crippen LogP contribution in [0.15, 0.2) is 0 Å². The zero-order valence-electron chi connectivity index (χ0n) is 6.73. The third kappa shape index (κ3) is 34.7. The standard InChI is InChI=1S/C4H5ClO3.CH4O3S/c5-2-3(6)1-4(7)8;1-5(2,3)4/h1-2H2,(H,7,8);1H3,(H,2,3,4). The minimum Gasteiger partial charge on any atom is -0.481 e. The molecule has 0 aliphatic carbocycles. The lowest BCUT2D eigenvalue weighted by atomic mass is 10.3. The summed E-state index contributed by atoms with van der Waals surface area (Å²) in [6.45, 7) is 0. The Hall–Kier alpha value is -0.660. The molecule has 0 radical (unpaired) electrons. The van der Waals surface area contributed by atoms with Gasteiger partial charge in [-0.3, -0.25) is 14.1 Å². The molecule has 0 atom stereocenters. The number of halogens is 1. The van der Waals surface area contributed by atoms with Crippen LogP contribution in [-0.4, -0.2) is 42.0 Å². The quantitative estimate of drug-likeness (QED) is 0.395. The number of Topliss-reactive ketones (excluding diaryl/α,β-unsaturated/α-hetero) is 1. The molecule has 0 aromatic rings. The molecule has 78 valence electrons. The Balaban J connectivity index is 0. The van der Waals surface area contributed by atoms with Gasteiger partial charge in [0, 0.05) is 0 Å². The first-order valence-electron chi connectivity index (χ1n) is 2.88. The van der Waals surface area contributed by atoms with E-state index in [1.54, 1.807) is 0 Å². The molecule has 0 heterocycles. The van der Waals surface area contributed by atoms with Gasteiger partial charge in [-0.2, -0.15) is 8.42 Å². The van der Waals surface area contributed by atoms with Crippen molar-refractivity contribution in [2.75, 3.05) is 12.1 Å². The molecule has 2 N–H and O–H groups in total. The molecule has 0 spiro atoms. The van der Waals surface area contributed by atoms with Gasteiger partial charge >= 0.3 is 5.97 Å². The second-order valence-electron chi connectivity index (χ2n) is 1.98. The summed E-state index contributed by atoms with van der Waals surface area (Å²) in [4.78, 5) is 19.8. The Labute approximate surface area is 80.3 Å². The summed E-state index contributed by atoms with van der Waals surface area (Å²) in [7, 11) is -3.67. The Kier molecular flexibility index (Phi) is 7.78. The molecule has 8 heteroatoms. The third-order valence-corrected chi connectivity index (χ3v) is 0.796. The lowest BCUT2D eigenvalue weighted by Gasteiger charge is -1.85. The average Bonchev–Trinajstić information content (AvgIpc) is 1.82. The van der Waals surface area contributed by atoms with E-state index in [-0.39, 0.29) is 5.88 Å². The number of ketones is 1. The van der Waals surface area contributed by atoms with Crippen LogP contribution >= 0.6 is 11.6 Å². The van der Waals surface area contributed by atoms with Crippen molar-refractivity contribution in [3.8, 4) is 0 Å². The van der Waals surface area contributed by atoms with Crippen molar-refractivity contribution in [3.63, 3.8) is 0 Å². The zero-order chi connectivity index (χ0) is 11.1. The molecular weight excluding hydrogens is 224 g/mol. The summed E-state index contributed by atoms with van der Waals surface area (Å²) in [6, 6.07) is 0. The summed E-state index contributed by atoms with van der Waals surface area (Å²) < 4.78 is 25.9. The van der Waals surface area contributed by atoms with Crippen LogP contribution in [0.3, 0.4) is 0 Å². The van der Waals surface area contributed by atoms with Crippen molar-refractivity contribution in [1.29, 1.82) is 0 Å². The first-order valence-corrected chi connectivity index (χ1v) is 5.27. The summed E-state index contributed by atoms with van der Waals surface area (Å²) in [5.74, 6) is -1.80. The van der Waals surface area contributed by atoms with Gasteiger partial charge in [0.25, 0.3) is 10.1 Å². The van der Waals surface area contributed by atoms with E-state index in [0.717, 1.165) is 0 Å². The number of hydrogen-bond acceptors (Lipinski definition) is 4. The molecule has 0 rings (SSSR count). The molecular formula is C5H9ClO6S. The number of carbonyl (C=O) groups is 2. The van der Waals surface area contributed by atoms with Gasteiger partial charge in [0.15, 0.2) is 5.78 Å². The monoisotopic (exact) mass is 232 g/mol. The van der Waals surface area contributed by atoms with Gasteiger partial charge in [0.1, 0.15) is 6.42 Å². The van der Waals surface area contributed by atoms with Gasteiger partial charge in [-0.15, -0.1) is 11.6 Å². The van der Waals surface area contributed by atoms with Gasteiger partial charge in [0.05, 0.1) is 12.1 Å². The molecule has 0 aliphatic heterocycles. The first-order chi connectivity index (χ1) is 5.66. The van der Waals surface area contributed by atoms with Crippen LogP contribution in [0.4, 0.5) is 0 Å². The maximum absolute atomic E-state index is 10.1. The molecule has 0 fully saturated rings. The Bertz CT molecular complexity index is 261. The number of carboxylic acids is 1. The lowest BCUT2D eigenvalue weighted by Crippen LogP contribution is -2.06. The number of aliphatic carboxylic acids is 1. The number of carbonyl (C=O) groups excluding carboxylic acids is 1. The highest BCUT2D eigenvalue weighted by Crippen LogP contribution is 1.84. The van der Waals surface area contributed by atoms with Crippen molar-refractivity contribution in [2.45, 2.75) is 6.42 Å². The summed E-state index contributed by atoms with van der Waals surface area (Å²) in [6.07, 6.45) is 0.247. The van der Waals surface area contributed by atoms with Gasteiger partial charge in [-0.05, 0) is 0 Å². The van der Waals surface area contributed by atoms with E-state index in [0.29, 0.717) is 6.26 Å². The van der Waals surface area contributed by atoms with Crippen LogP contribution in [0, 0.1) is 0 Å². The molecule has 0 amide bonds. The maximum Gasteiger partial charge on any atom is 0.310 e. The van der Waals surface area contributed by atoms with Gasteiger partial charge in [0.2, 0.25) is 0 Å². The van der Waals surface area contributed by atoms with E-state index in [1.165, 1.54) is 0 Å². The first kappa shape index (κ1) is 14.8. The molecule has 6 nitrogen and oxygen atoms in total. The fourth-order valence-corrected chi connectivity index (χ4v) is 0.310. The van der Waals surface area contributed by atoms with E-state index < -0.39 is 28.3 Å². The highest BCUT2D eigenvalue weighted by molar-refractivity contribution is 7.85. The van der Waals surface area contributed by atoms with E-state index in [2.05, 4.69) is 0 Å². The van der Waals surface area contributed by atoms with E-state index in [4.69, 9.17) is 21.3 Å². The Morgan fingerprint density at radius 3 is 1.77 bits per heavy atom. The summed E-state index contributed by atoms with van der Waals surface area (Å²) in [5.41, 5.74) is 0. The zero-order valence-corrected chi connectivity index (χ0v) is 8.30. The fourth-order valence-electron chi connectivity index (χ4n) is 0.216. The largest absolute Gasteiger partial charge is 0.481 e. The molecule has 0 aromatic carbocycles. The lowest BCUT2D eigenvalue weighted by molar-refractivity contribution is -0.139. The topological polar surface area (TPSA) is 109 Å². The van der Waals surface area contributed by atoms with Crippen LogP contribution in [0.25, 0.3) is 0 Å². The van der Waals surface area contributed by atoms with Gasteiger partial charge in [-0.1, -0.05) is 0 Å². The van der Waals surface area contributed by atoms with Crippen molar-refractivity contribution in [1.82, 2.24) is 0 Å². The predicted molar refractivity (Wildman–Crippen MR) is 45.5 cm³/mol. The fraction of sp³-hybridized carbons (Fsp3) is 0.600. The van der Waals surface area contributed by atoms with Crippen LogP contribution in [-0.2, 0) is 19.7 Å². The molecule has 0 bridgehead atoms.